The highest BCUT2D eigenvalue weighted by Gasteiger charge is 1.96. The van der Waals surface area contributed by atoms with Crippen LogP contribution >= 0.6 is 11.6 Å². The minimum Gasteiger partial charge on any atom is -0.480 e. The summed E-state index contributed by atoms with van der Waals surface area (Å²) in [5.41, 5.74) is 0. The molecule has 0 saturated heterocycles. The number of hydrogen-bond donors (Lipinski definition) is 2. The van der Waals surface area contributed by atoms with Gasteiger partial charge < -0.3 is 14.9 Å². The fourth-order valence-corrected chi connectivity index (χ4v) is 0.213. The summed E-state index contributed by atoms with van der Waals surface area (Å²) in [5, 5.41) is 14.3. The van der Waals surface area contributed by atoms with Crippen LogP contribution in [0, 0.1) is 0 Å². The standard InChI is InChI=1S/C4H5ClO3.C2H4O3/c1-3(6)8-2-4(5)7;3-1-2(4)5/h2H2,1H3;3H,1H2,(H,4,5). The van der Waals surface area contributed by atoms with Gasteiger partial charge in [-0.15, -0.1) is 0 Å². The summed E-state index contributed by atoms with van der Waals surface area (Å²) in [6, 6.07) is 0. The van der Waals surface area contributed by atoms with Crippen molar-refractivity contribution < 1.29 is 29.3 Å². The van der Waals surface area contributed by atoms with Gasteiger partial charge in [-0.2, -0.15) is 0 Å². The SMILES string of the molecule is CC(=O)OCC(=O)Cl.O=C(O)CO. The van der Waals surface area contributed by atoms with Crippen molar-refractivity contribution in [1.29, 1.82) is 0 Å². The number of hydrogen-bond acceptors (Lipinski definition) is 5. The summed E-state index contributed by atoms with van der Waals surface area (Å²) < 4.78 is 4.18. The normalized spacial score (nSPS) is 7.92. The van der Waals surface area contributed by atoms with Gasteiger partial charge in [0.2, 0.25) is 0 Å². The Morgan fingerprint density at radius 2 is 1.77 bits per heavy atom. The van der Waals surface area contributed by atoms with E-state index < -0.39 is 23.8 Å². The molecule has 2 N–H and O–H groups in total. The number of halogens is 1. The zero-order valence-corrected chi connectivity index (χ0v) is 7.58. The Labute approximate surface area is 79.1 Å². The number of aliphatic hydroxyl groups excluding tert-OH is 1. The lowest BCUT2D eigenvalue weighted by molar-refractivity contribution is -0.143. The van der Waals surface area contributed by atoms with Gasteiger partial charge in [0.25, 0.3) is 5.24 Å². The van der Waals surface area contributed by atoms with Crippen LogP contribution in [-0.2, 0) is 19.1 Å². The molecule has 0 aliphatic heterocycles. The molecule has 0 unspecified atom stereocenters. The molecule has 7 heteroatoms. The molecule has 0 rings (SSSR count). The molecule has 0 spiro atoms. The first-order valence-electron chi connectivity index (χ1n) is 3.04. The minimum absolute atomic E-state index is 0.336. The van der Waals surface area contributed by atoms with Crippen molar-refractivity contribution in [3.05, 3.63) is 0 Å². The van der Waals surface area contributed by atoms with Crippen LogP contribution in [0.2, 0.25) is 0 Å². The van der Waals surface area contributed by atoms with E-state index in [-0.39, 0.29) is 6.61 Å². The summed E-state index contributed by atoms with van der Waals surface area (Å²) >= 11 is 4.81. The Morgan fingerprint density at radius 3 is 1.85 bits per heavy atom. The van der Waals surface area contributed by atoms with Gasteiger partial charge in [-0.3, -0.25) is 9.59 Å². The molecule has 0 heterocycles. The van der Waals surface area contributed by atoms with Crippen LogP contribution in [0.5, 0.6) is 0 Å². The third kappa shape index (κ3) is 24.8. The second kappa shape index (κ2) is 8.95. The van der Waals surface area contributed by atoms with Gasteiger partial charge in [-0.05, 0) is 11.6 Å². The van der Waals surface area contributed by atoms with E-state index in [9.17, 15) is 9.59 Å². The highest BCUT2D eigenvalue weighted by Crippen LogP contribution is 1.81. The van der Waals surface area contributed by atoms with E-state index in [2.05, 4.69) is 4.74 Å². The van der Waals surface area contributed by atoms with Gasteiger partial charge in [0, 0.05) is 6.92 Å². The Bertz CT molecular complexity index is 176. The fourth-order valence-electron chi connectivity index (χ4n) is 0.158. The molecule has 0 bridgehead atoms. The minimum atomic E-state index is -1.19. The number of carbonyl (C=O) groups is 3. The molecular formula is C6H9ClO6. The highest BCUT2D eigenvalue weighted by atomic mass is 35.5. The van der Waals surface area contributed by atoms with Gasteiger partial charge >= 0.3 is 11.9 Å². The largest absolute Gasteiger partial charge is 0.480 e. The first kappa shape index (κ1) is 14.4. The van der Waals surface area contributed by atoms with Crippen molar-refractivity contribution >= 4 is 28.8 Å². The Balaban J connectivity index is 0. The predicted molar refractivity (Wildman–Crippen MR) is 42.2 cm³/mol. The lowest BCUT2D eigenvalue weighted by atomic mass is 10.7. The van der Waals surface area contributed by atoms with E-state index in [1.54, 1.807) is 0 Å². The van der Waals surface area contributed by atoms with Gasteiger partial charge in [0.1, 0.15) is 6.61 Å². The molecule has 6 nitrogen and oxygen atoms in total. The van der Waals surface area contributed by atoms with E-state index in [1.165, 1.54) is 6.92 Å². The molecule has 0 radical (unpaired) electrons. The molecule has 0 fully saturated rings. The van der Waals surface area contributed by atoms with Gasteiger partial charge in [0.15, 0.2) is 6.61 Å². The Morgan fingerprint density at radius 1 is 1.38 bits per heavy atom. The summed E-state index contributed by atoms with van der Waals surface area (Å²) in [6.45, 7) is 0.0940. The molecular weight excluding hydrogens is 204 g/mol. The molecule has 0 aromatic heterocycles. The van der Waals surface area contributed by atoms with Crippen LogP contribution in [0.15, 0.2) is 0 Å². The Kier molecular flexibility index (Phi) is 9.91. The predicted octanol–water partition coefficient (Wildman–Crippen LogP) is -0.622. The van der Waals surface area contributed by atoms with Crippen LogP contribution < -0.4 is 0 Å². The maximum atomic E-state index is 9.92. The average molecular weight is 213 g/mol. The van der Waals surface area contributed by atoms with Gasteiger partial charge in [-0.25, -0.2) is 4.79 Å². The van der Waals surface area contributed by atoms with Crippen LogP contribution in [0.4, 0.5) is 0 Å². The highest BCUT2D eigenvalue weighted by molar-refractivity contribution is 6.64. The molecule has 0 amide bonds. The number of carboxylic acids is 1. The molecule has 0 atom stereocenters. The van der Waals surface area contributed by atoms with Gasteiger partial charge in [0.05, 0.1) is 0 Å². The summed E-state index contributed by atoms with van der Waals surface area (Å²) in [7, 11) is 0. The maximum Gasteiger partial charge on any atom is 0.329 e. The summed E-state index contributed by atoms with van der Waals surface area (Å²) in [5.74, 6) is -1.69. The molecule has 76 valence electrons. The zero-order valence-electron chi connectivity index (χ0n) is 6.82. The monoisotopic (exact) mass is 212 g/mol. The maximum absolute atomic E-state index is 9.92. The molecule has 13 heavy (non-hydrogen) atoms. The zero-order chi connectivity index (χ0) is 10.9. The van der Waals surface area contributed by atoms with Crippen LogP contribution in [-0.4, -0.2) is 40.6 Å². The number of rotatable bonds is 3. The van der Waals surface area contributed by atoms with Crippen LogP contribution in [0.1, 0.15) is 6.92 Å². The van der Waals surface area contributed by atoms with E-state index in [4.69, 9.17) is 26.6 Å². The molecule has 0 aromatic rings. The molecule has 0 aliphatic carbocycles. The molecule has 0 aromatic carbocycles. The fraction of sp³-hybridized carbons (Fsp3) is 0.500. The second-order valence-corrected chi connectivity index (χ2v) is 2.11. The third-order valence-electron chi connectivity index (χ3n) is 0.524. The van der Waals surface area contributed by atoms with Crippen molar-refractivity contribution in [3.8, 4) is 0 Å². The van der Waals surface area contributed by atoms with E-state index >= 15 is 0 Å². The lowest BCUT2D eigenvalue weighted by Crippen LogP contribution is -2.05. The summed E-state index contributed by atoms with van der Waals surface area (Å²) in [6.07, 6.45) is 0. The third-order valence-corrected chi connectivity index (χ3v) is 0.633. The van der Waals surface area contributed by atoms with Crippen molar-refractivity contribution in [1.82, 2.24) is 0 Å². The quantitative estimate of drug-likeness (QED) is 0.478. The number of carbonyl (C=O) groups excluding carboxylic acids is 2. The van der Waals surface area contributed by atoms with Crippen molar-refractivity contribution in [2.24, 2.45) is 0 Å². The summed E-state index contributed by atoms with van der Waals surface area (Å²) in [4.78, 5) is 28.9. The van der Waals surface area contributed by atoms with E-state index in [0.29, 0.717) is 0 Å². The number of carboxylic acid groups (broad SMARTS) is 1. The first-order chi connectivity index (χ1) is 5.90. The topological polar surface area (TPSA) is 101 Å². The Hall–Kier alpha value is -1.14. The van der Waals surface area contributed by atoms with Crippen molar-refractivity contribution in [3.63, 3.8) is 0 Å². The van der Waals surface area contributed by atoms with E-state index in [1.807, 2.05) is 0 Å². The molecule has 0 aliphatic rings. The first-order valence-corrected chi connectivity index (χ1v) is 3.42. The smallest absolute Gasteiger partial charge is 0.329 e. The lowest BCUT2D eigenvalue weighted by Gasteiger charge is -1.92. The average Bonchev–Trinajstić information content (AvgIpc) is 2.02. The van der Waals surface area contributed by atoms with Crippen molar-refractivity contribution in [2.45, 2.75) is 6.92 Å². The number of ether oxygens (including phenoxy) is 1. The van der Waals surface area contributed by atoms with Crippen molar-refractivity contribution in [2.75, 3.05) is 13.2 Å². The number of aliphatic hydroxyl groups is 1. The second-order valence-electron chi connectivity index (χ2n) is 1.69. The van der Waals surface area contributed by atoms with Gasteiger partial charge in [-0.1, -0.05) is 0 Å². The van der Waals surface area contributed by atoms with Crippen LogP contribution in [0.3, 0.4) is 0 Å². The van der Waals surface area contributed by atoms with E-state index in [0.717, 1.165) is 0 Å². The number of aliphatic carboxylic acids is 1. The number of esters is 1. The molecule has 0 saturated carbocycles. The van der Waals surface area contributed by atoms with Crippen LogP contribution in [0.25, 0.3) is 0 Å².